The molecule has 0 saturated carbocycles. The first-order chi connectivity index (χ1) is 5.02. The van der Waals surface area contributed by atoms with Gasteiger partial charge >= 0.3 is 23.9 Å². The normalized spacial score (nSPS) is 10.7. The van der Waals surface area contributed by atoms with Crippen molar-refractivity contribution in [2.75, 3.05) is 21.1 Å². The molecule has 68 valence electrons. The predicted octanol–water partition coefficient (Wildman–Crippen LogP) is 1.19. The van der Waals surface area contributed by atoms with E-state index in [1.807, 2.05) is 6.07 Å². The van der Waals surface area contributed by atoms with Crippen LogP contribution in [0.3, 0.4) is 0 Å². The monoisotopic (exact) mass is 338 g/mol. The summed E-state index contributed by atoms with van der Waals surface area (Å²) in [6.45, 7) is 0. The number of benzene rings is 1. The van der Waals surface area contributed by atoms with E-state index in [1.165, 1.54) is 10.2 Å². The molecule has 1 rings (SSSR count). The van der Waals surface area contributed by atoms with Crippen molar-refractivity contribution in [2.24, 2.45) is 0 Å². The van der Waals surface area contributed by atoms with Gasteiger partial charge in [-0.25, -0.2) is 0 Å². The van der Waals surface area contributed by atoms with Crippen LogP contribution < -0.4 is 4.48 Å². The molecule has 1 nitrogen and oxygen atoms in total. The molecule has 0 atom stereocenters. The quantitative estimate of drug-likeness (QED) is 0.533. The minimum absolute atomic E-state index is 0. The van der Waals surface area contributed by atoms with Gasteiger partial charge in [-0.1, -0.05) is 12.1 Å². The van der Waals surface area contributed by atoms with Crippen LogP contribution in [-0.2, 0) is 0 Å². The van der Waals surface area contributed by atoms with Crippen molar-refractivity contribution in [2.45, 2.75) is 0 Å². The number of hydrogen-bond donors (Lipinski definition) is 0. The Morgan fingerprint density at radius 3 is 1.92 bits per heavy atom. The third kappa shape index (κ3) is 3.07. The molecular weight excluding hydrogens is 321 g/mol. The molecule has 12 heavy (non-hydrogen) atoms. The molecule has 3 heteroatoms. The molecule has 0 aromatic heterocycles. The Labute approximate surface area is 99.4 Å². The molecule has 0 aliphatic carbocycles. The summed E-state index contributed by atoms with van der Waals surface area (Å²) in [5.41, 5.74) is 1.30. The summed E-state index contributed by atoms with van der Waals surface area (Å²) in [5.74, 6) is 0. The zero-order chi connectivity index (χ0) is 8.48. The zero-order valence-corrected chi connectivity index (χ0v) is 8.72. The Hall–Kier alpha value is 0.459. The average molecular weight is 338 g/mol. The van der Waals surface area contributed by atoms with Crippen LogP contribution in [0.25, 0.3) is 0 Å². The van der Waals surface area contributed by atoms with Gasteiger partial charge in [0.05, 0.1) is 25.6 Å². The van der Waals surface area contributed by atoms with E-state index in [1.54, 1.807) is 0 Å². The molecule has 0 N–H and O–H groups in total. The fourth-order valence-corrected chi connectivity index (χ4v) is 1.81. The molecule has 0 bridgehead atoms. The van der Waals surface area contributed by atoms with Gasteiger partial charge in [0.25, 0.3) is 0 Å². The maximum absolute atomic E-state index is 3.52. The molecule has 0 unspecified atom stereocenters. The summed E-state index contributed by atoms with van der Waals surface area (Å²) in [7, 11) is 6.46. The summed E-state index contributed by atoms with van der Waals surface area (Å²) in [5, 5.41) is 0. The second kappa shape index (κ2) is 4.63. The van der Waals surface area contributed by atoms with Crippen LogP contribution in [-0.4, -0.2) is 45.1 Å². The van der Waals surface area contributed by atoms with Crippen LogP contribution in [0.15, 0.2) is 28.7 Å². The third-order valence-electron chi connectivity index (χ3n) is 1.58. The summed E-state index contributed by atoms with van der Waals surface area (Å²) >= 11 is 3.52. The van der Waals surface area contributed by atoms with E-state index in [2.05, 4.69) is 55.3 Å². The molecule has 1 aromatic rings. The molecule has 0 heterocycles. The van der Waals surface area contributed by atoms with Gasteiger partial charge in [0, 0.05) is 6.07 Å². The Morgan fingerprint density at radius 1 is 1.08 bits per heavy atom. The van der Waals surface area contributed by atoms with Crippen molar-refractivity contribution >= 4 is 45.5 Å². The summed E-state index contributed by atoms with van der Waals surface area (Å²) in [4.78, 5) is 0. The van der Waals surface area contributed by atoms with E-state index in [0.29, 0.717) is 0 Å². The van der Waals surface area contributed by atoms with Crippen LogP contribution in [0.4, 0.5) is 5.69 Å². The second-order valence-corrected chi connectivity index (χ2v) is 4.32. The van der Waals surface area contributed by atoms with Crippen LogP contribution in [0, 0.1) is 0 Å². The van der Waals surface area contributed by atoms with Gasteiger partial charge < -0.3 is 0 Å². The van der Waals surface area contributed by atoms with E-state index in [-0.39, 0.29) is 23.9 Å². The van der Waals surface area contributed by atoms with E-state index in [4.69, 9.17) is 0 Å². The van der Waals surface area contributed by atoms with Crippen molar-refractivity contribution in [3.63, 3.8) is 0 Å². The first kappa shape index (κ1) is 12.5. The van der Waals surface area contributed by atoms with Gasteiger partial charge in [-0.15, -0.1) is 0 Å². The van der Waals surface area contributed by atoms with Crippen LogP contribution in [0.1, 0.15) is 0 Å². The number of halogens is 1. The number of rotatable bonds is 1. The average Bonchev–Trinajstić information content (AvgIpc) is 1.86. The number of nitrogens with zero attached hydrogens (tertiary/aromatic N) is 1. The minimum atomic E-state index is 0. The van der Waals surface area contributed by atoms with Gasteiger partial charge in [-0.3, -0.25) is 4.48 Å². The molecule has 0 fully saturated rings. The van der Waals surface area contributed by atoms with Crippen molar-refractivity contribution < 1.29 is 0 Å². The molecule has 0 spiro atoms. The number of para-hydroxylation sites is 1. The van der Waals surface area contributed by atoms with E-state index < -0.39 is 0 Å². The van der Waals surface area contributed by atoms with Gasteiger partial charge in [-0.2, -0.15) is 0 Å². The SMILES string of the molecule is C[N+](C)(C)c1ccccc1Br.[SnH4]. The Balaban J connectivity index is 0.00000121. The maximum atomic E-state index is 3.52. The van der Waals surface area contributed by atoms with Crippen LogP contribution in [0.2, 0.25) is 0 Å². The zero-order valence-electron chi connectivity index (χ0n) is 7.13. The van der Waals surface area contributed by atoms with Crippen LogP contribution >= 0.6 is 15.9 Å². The van der Waals surface area contributed by atoms with Gasteiger partial charge in [-0.05, 0) is 22.0 Å². The van der Waals surface area contributed by atoms with E-state index in [0.717, 1.165) is 4.48 Å². The molecule has 0 aliphatic heterocycles. The second-order valence-electron chi connectivity index (χ2n) is 3.46. The van der Waals surface area contributed by atoms with Gasteiger partial charge in [0.1, 0.15) is 5.69 Å². The summed E-state index contributed by atoms with van der Waals surface area (Å²) in [6, 6.07) is 8.29. The standard InChI is InChI=1S/C9H13BrN.Sn.4H/c1-11(2,3)9-7-5-4-6-8(9)10;;;;;/h4-7H,1-3H3;;;;;/q+1;;;;;. The fraction of sp³-hybridized carbons (Fsp3) is 0.333. The Morgan fingerprint density at radius 2 is 1.58 bits per heavy atom. The number of quaternary nitrogens is 1. The van der Waals surface area contributed by atoms with E-state index in [9.17, 15) is 0 Å². The first-order valence-corrected chi connectivity index (χ1v) is 4.37. The van der Waals surface area contributed by atoms with Crippen molar-refractivity contribution in [3.05, 3.63) is 28.7 Å². The Kier molecular flexibility index (Phi) is 4.80. The van der Waals surface area contributed by atoms with Crippen molar-refractivity contribution in [3.8, 4) is 0 Å². The summed E-state index contributed by atoms with van der Waals surface area (Å²) in [6.07, 6.45) is 0. The predicted molar refractivity (Wildman–Crippen MR) is 65.0 cm³/mol. The van der Waals surface area contributed by atoms with Crippen molar-refractivity contribution in [1.29, 1.82) is 0 Å². The van der Waals surface area contributed by atoms with Crippen molar-refractivity contribution in [1.82, 2.24) is 4.48 Å². The molecule has 0 radical (unpaired) electrons. The van der Waals surface area contributed by atoms with E-state index >= 15 is 0 Å². The fourth-order valence-electron chi connectivity index (χ4n) is 0.996. The Bertz CT molecular complexity index is 255. The molecule has 1 aromatic carbocycles. The molecular formula is C9H17BrNSn+. The van der Waals surface area contributed by atoms with Crippen LogP contribution in [0.5, 0.6) is 0 Å². The number of hydrogen-bond acceptors (Lipinski definition) is 0. The molecule has 0 saturated heterocycles. The van der Waals surface area contributed by atoms with Gasteiger partial charge in [0.2, 0.25) is 0 Å². The first-order valence-electron chi connectivity index (χ1n) is 3.58. The topological polar surface area (TPSA) is 0 Å². The molecule has 0 aliphatic rings. The third-order valence-corrected chi connectivity index (χ3v) is 2.25. The molecule has 0 amide bonds. The summed E-state index contributed by atoms with van der Waals surface area (Å²) < 4.78 is 2.02. The van der Waals surface area contributed by atoms with Gasteiger partial charge in [0.15, 0.2) is 0 Å².